The molecular weight excluding hydrogens is 378 g/mol. The Labute approximate surface area is 165 Å². The summed E-state index contributed by atoms with van der Waals surface area (Å²) in [4.78, 5) is 0.150. The highest BCUT2D eigenvalue weighted by Crippen LogP contribution is 2.27. The summed E-state index contributed by atoms with van der Waals surface area (Å²) in [5, 5.41) is 15.1. The first-order valence-corrected chi connectivity index (χ1v) is 10.6. The summed E-state index contributed by atoms with van der Waals surface area (Å²) in [7, 11) is -3.74. The third-order valence-corrected chi connectivity index (χ3v) is 5.49. The molecule has 0 fully saturated rings. The topological polar surface area (TPSA) is 91.6 Å². The van der Waals surface area contributed by atoms with Crippen LogP contribution in [0, 0.1) is 0 Å². The molecule has 0 aromatic heterocycles. The van der Waals surface area contributed by atoms with Crippen molar-refractivity contribution in [2.24, 2.45) is 9.50 Å². The number of hydrogen-bond acceptors (Lipinski definition) is 6. The third kappa shape index (κ3) is 4.58. The highest BCUT2D eigenvalue weighted by molar-refractivity contribution is 7.90. The van der Waals surface area contributed by atoms with Gasteiger partial charge in [-0.2, -0.15) is 13.5 Å². The zero-order valence-electron chi connectivity index (χ0n) is 15.7. The van der Waals surface area contributed by atoms with E-state index in [-0.39, 0.29) is 23.9 Å². The van der Waals surface area contributed by atoms with Gasteiger partial charge in [0.25, 0.3) is 10.0 Å². The van der Waals surface area contributed by atoms with Crippen LogP contribution in [0.5, 0.6) is 5.75 Å². The summed E-state index contributed by atoms with van der Waals surface area (Å²) in [5.74, 6) is 0.999. The number of aliphatic hydroxyl groups excluding tert-OH is 1. The molecule has 8 heteroatoms. The highest BCUT2D eigenvalue weighted by Gasteiger charge is 2.31. The number of aliphatic hydroxyl groups is 1. The predicted molar refractivity (Wildman–Crippen MR) is 108 cm³/mol. The molecule has 0 aliphatic carbocycles. The van der Waals surface area contributed by atoms with E-state index in [1.54, 1.807) is 24.4 Å². The Morgan fingerprint density at radius 2 is 1.93 bits per heavy atom. The Kier molecular flexibility index (Phi) is 6.43. The molecule has 2 aromatic rings. The van der Waals surface area contributed by atoms with Gasteiger partial charge in [0.15, 0.2) is 5.84 Å². The van der Waals surface area contributed by atoms with Crippen LogP contribution in [0.2, 0.25) is 0 Å². The number of sulfonamides is 1. The molecule has 1 N–H and O–H groups in total. The summed E-state index contributed by atoms with van der Waals surface area (Å²) in [6.45, 7) is 2.72. The van der Waals surface area contributed by atoms with Crippen molar-refractivity contribution in [2.75, 3.05) is 19.8 Å². The largest absolute Gasteiger partial charge is 0.494 e. The molecule has 148 valence electrons. The fraction of sp³-hybridized carbons (Fsp3) is 0.300. The van der Waals surface area contributed by atoms with Gasteiger partial charge in [0, 0.05) is 5.56 Å². The average molecular weight is 401 g/mol. The second kappa shape index (κ2) is 8.99. The first-order chi connectivity index (χ1) is 13.5. The lowest BCUT2D eigenvalue weighted by molar-refractivity contribution is 0.254. The zero-order chi connectivity index (χ0) is 20.0. The fourth-order valence-electron chi connectivity index (χ4n) is 2.71. The van der Waals surface area contributed by atoms with E-state index in [4.69, 9.17) is 4.74 Å². The van der Waals surface area contributed by atoms with Crippen molar-refractivity contribution in [1.82, 2.24) is 5.01 Å². The van der Waals surface area contributed by atoms with E-state index in [2.05, 4.69) is 16.4 Å². The maximum atomic E-state index is 12.2. The Hall–Kier alpha value is -2.71. The Bertz CT molecular complexity index is 969. The molecule has 1 aliphatic rings. The molecule has 1 aliphatic heterocycles. The number of amidine groups is 1. The first-order valence-electron chi connectivity index (χ1n) is 9.15. The Morgan fingerprint density at radius 3 is 2.64 bits per heavy atom. The summed E-state index contributed by atoms with van der Waals surface area (Å²) in [6.07, 6.45) is 3.68. The van der Waals surface area contributed by atoms with Crippen molar-refractivity contribution in [3.05, 3.63) is 59.7 Å². The minimum atomic E-state index is -3.74. The summed E-state index contributed by atoms with van der Waals surface area (Å²) < 4.78 is 34.0. The van der Waals surface area contributed by atoms with Gasteiger partial charge in [-0.15, -0.1) is 4.40 Å². The van der Waals surface area contributed by atoms with E-state index in [0.29, 0.717) is 12.2 Å². The lowest BCUT2D eigenvalue weighted by Crippen LogP contribution is -2.28. The number of ether oxygens (including phenoxy) is 1. The number of fused-ring (bicyclic) bond motifs is 1. The minimum absolute atomic E-state index is 0.122. The molecule has 2 aromatic carbocycles. The molecule has 7 nitrogen and oxygen atoms in total. The number of unbranched alkanes of at least 4 members (excludes halogenated alkanes) is 1. The van der Waals surface area contributed by atoms with Gasteiger partial charge >= 0.3 is 0 Å². The van der Waals surface area contributed by atoms with Crippen LogP contribution >= 0.6 is 0 Å². The number of rotatable bonds is 8. The fourth-order valence-corrected chi connectivity index (χ4v) is 3.91. The van der Waals surface area contributed by atoms with E-state index in [0.717, 1.165) is 24.2 Å². The predicted octanol–water partition coefficient (Wildman–Crippen LogP) is 2.64. The van der Waals surface area contributed by atoms with Crippen LogP contribution < -0.4 is 4.74 Å². The monoisotopic (exact) mass is 401 g/mol. The van der Waals surface area contributed by atoms with Gasteiger partial charge in [-0.1, -0.05) is 25.5 Å². The minimum Gasteiger partial charge on any atom is -0.494 e. The van der Waals surface area contributed by atoms with Crippen molar-refractivity contribution >= 4 is 22.1 Å². The molecule has 0 amide bonds. The van der Waals surface area contributed by atoms with E-state index in [9.17, 15) is 13.5 Å². The van der Waals surface area contributed by atoms with Gasteiger partial charge in [0.05, 0.1) is 26.0 Å². The van der Waals surface area contributed by atoms with E-state index >= 15 is 0 Å². The number of hydrazone groups is 1. The quantitative estimate of drug-likeness (QED) is 0.417. The van der Waals surface area contributed by atoms with Crippen molar-refractivity contribution in [2.45, 2.75) is 24.7 Å². The molecule has 0 spiro atoms. The summed E-state index contributed by atoms with van der Waals surface area (Å²) in [5.41, 5.74) is 1.30. The average Bonchev–Trinajstić information content (AvgIpc) is 2.98. The van der Waals surface area contributed by atoms with E-state index in [1.807, 2.05) is 24.3 Å². The second-order valence-electron chi connectivity index (χ2n) is 6.25. The first kappa shape index (κ1) is 20.0. The number of benzene rings is 2. The van der Waals surface area contributed by atoms with E-state index in [1.165, 1.54) is 11.1 Å². The molecule has 1 heterocycles. The van der Waals surface area contributed by atoms with E-state index < -0.39 is 10.0 Å². The van der Waals surface area contributed by atoms with Crippen LogP contribution in [0.1, 0.15) is 30.9 Å². The third-order valence-electron chi connectivity index (χ3n) is 4.16. The van der Waals surface area contributed by atoms with Crippen LogP contribution in [0.15, 0.2) is 62.9 Å². The standard InChI is InChI=1S/C20H23N3O4S/c1-2-3-14-27-17-10-8-16(9-11-17)15-21-23(12-13-24)20-18-6-4-5-7-19(18)28(25,26)22-20/h4-11,15,24H,2-3,12-14H2,1H3/b21-15+. The molecule has 28 heavy (non-hydrogen) atoms. The number of nitrogens with zero attached hydrogens (tertiary/aromatic N) is 3. The molecule has 3 rings (SSSR count). The molecule has 0 atom stereocenters. The lowest BCUT2D eigenvalue weighted by atomic mass is 10.2. The van der Waals surface area contributed by atoms with Gasteiger partial charge in [0.1, 0.15) is 10.6 Å². The van der Waals surface area contributed by atoms with Crippen LogP contribution in [0.4, 0.5) is 0 Å². The van der Waals surface area contributed by atoms with Crippen LogP contribution in [-0.4, -0.2) is 50.3 Å². The zero-order valence-corrected chi connectivity index (χ0v) is 16.5. The number of hydrogen-bond donors (Lipinski definition) is 1. The second-order valence-corrected chi connectivity index (χ2v) is 7.82. The Balaban J connectivity index is 1.79. The molecule has 0 unspecified atom stereocenters. The summed E-state index contributed by atoms with van der Waals surface area (Å²) >= 11 is 0. The van der Waals surface area contributed by atoms with Gasteiger partial charge in [-0.05, 0) is 48.4 Å². The van der Waals surface area contributed by atoms with Crippen molar-refractivity contribution in [3.63, 3.8) is 0 Å². The normalized spacial score (nSPS) is 14.7. The lowest BCUT2D eigenvalue weighted by Gasteiger charge is -2.17. The molecule has 0 bridgehead atoms. The van der Waals surface area contributed by atoms with Gasteiger partial charge in [-0.3, -0.25) is 0 Å². The Morgan fingerprint density at radius 1 is 1.18 bits per heavy atom. The maximum absolute atomic E-state index is 12.2. The van der Waals surface area contributed by atoms with Gasteiger partial charge in [0.2, 0.25) is 0 Å². The smallest absolute Gasteiger partial charge is 0.285 e. The van der Waals surface area contributed by atoms with Crippen molar-refractivity contribution < 1.29 is 18.3 Å². The van der Waals surface area contributed by atoms with Gasteiger partial charge in [-0.25, -0.2) is 5.01 Å². The van der Waals surface area contributed by atoms with Crippen LogP contribution in [0.25, 0.3) is 0 Å². The molecule has 0 saturated heterocycles. The van der Waals surface area contributed by atoms with Crippen molar-refractivity contribution in [3.8, 4) is 5.75 Å². The molecular formula is C20H23N3O4S. The SMILES string of the molecule is CCCCOc1ccc(/C=N/N(CCO)C2=NS(=O)(=O)c3ccccc32)cc1. The van der Waals surface area contributed by atoms with Crippen molar-refractivity contribution in [1.29, 1.82) is 0 Å². The molecule has 0 radical (unpaired) electrons. The molecule has 0 saturated carbocycles. The van der Waals surface area contributed by atoms with Crippen LogP contribution in [0.3, 0.4) is 0 Å². The maximum Gasteiger partial charge on any atom is 0.285 e. The van der Waals surface area contributed by atoms with Gasteiger partial charge < -0.3 is 9.84 Å². The highest BCUT2D eigenvalue weighted by atomic mass is 32.2. The summed E-state index contributed by atoms with van der Waals surface area (Å²) in [6, 6.07) is 14.0. The van der Waals surface area contributed by atoms with Crippen LogP contribution in [-0.2, 0) is 10.0 Å².